The summed E-state index contributed by atoms with van der Waals surface area (Å²) < 4.78 is 0. The Kier molecular flexibility index (Phi) is 4.07. The minimum absolute atomic E-state index is 0.0216. The van der Waals surface area contributed by atoms with Crippen molar-refractivity contribution in [1.29, 1.82) is 0 Å². The lowest BCUT2D eigenvalue weighted by Crippen LogP contribution is -2.42. The highest BCUT2D eigenvalue weighted by molar-refractivity contribution is 6.00. The van der Waals surface area contributed by atoms with Crippen LogP contribution in [0.4, 0.5) is 5.69 Å². The Balaban J connectivity index is 1.80. The number of likely N-dealkylation sites (tertiary alicyclic amines) is 1. The van der Waals surface area contributed by atoms with Crippen molar-refractivity contribution < 1.29 is 14.4 Å². The van der Waals surface area contributed by atoms with E-state index >= 15 is 0 Å². The standard InChI is InChI=1S/C17H21N3O3/c1-18-10-8-14(17(18)23)19(2)16(22)12-5-3-6-13(11-12)20-9-4-7-15(20)21/h3,5-6,11,14H,4,7-10H2,1-2H3. The van der Waals surface area contributed by atoms with Gasteiger partial charge >= 0.3 is 0 Å². The maximum atomic E-state index is 12.7. The van der Waals surface area contributed by atoms with Gasteiger partial charge in [-0.05, 0) is 31.0 Å². The van der Waals surface area contributed by atoms with Gasteiger partial charge in [-0.15, -0.1) is 0 Å². The van der Waals surface area contributed by atoms with Gasteiger partial charge in [0.05, 0.1) is 0 Å². The van der Waals surface area contributed by atoms with E-state index in [1.54, 1.807) is 42.1 Å². The molecule has 23 heavy (non-hydrogen) atoms. The zero-order chi connectivity index (χ0) is 16.6. The van der Waals surface area contributed by atoms with Gasteiger partial charge in [0, 0.05) is 44.9 Å². The predicted octanol–water partition coefficient (Wildman–Crippen LogP) is 1.12. The van der Waals surface area contributed by atoms with E-state index in [-0.39, 0.29) is 17.7 Å². The molecule has 0 saturated carbocycles. The van der Waals surface area contributed by atoms with Gasteiger partial charge in [-0.3, -0.25) is 14.4 Å². The van der Waals surface area contributed by atoms with Crippen LogP contribution in [0, 0.1) is 0 Å². The summed E-state index contributed by atoms with van der Waals surface area (Å²) in [6.45, 7) is 1.36. The Morgan fingerprint density at radius 1 is 1.26 bits per heavy atom. The van der Waals surface area contributed by atoms with Gasteiger partial charge in [0.25, 0.3) is 5.91 Å². The van der Waals surface area contributed by atoms with Crippen molar-refractivity contribution in [3.05, 3.63) is 29.8 Å². The molecule has 3 rings (SSSR count). The lowest BCUT2D eigenvalue weighted by atomic mass is 10.1. The molecule has 0 spiro atoms. The zero-order valence-corrected chi connectivity index (χ0v) is 13.5. The highest BCUT2D eigenvalue weighted by atomic mass is 16.2. The molecule has 6 nitrogen and oxygen atoms in total. The lowest BCUT2D eigenvalue weighted by Gasteiger charge is -2.24. The Morgan fingerprint density at radius 3 is 2.65 bits per heavy atom. The number of nitrogens with zero attached hydrogens (tertiary/aromatic N) is 3. The van der Waals surface area contributed by atoms with Crippen molar-refractivity contribution in [2.75, 3.05) is 32.1 Å². The maximum absolute atomic E-state index is 12.7. The third-order valence-electron chi connectivity index (χ3n) is 4.67. The van der Waals surface area contributed by atoms with Crippen LogP contribution < -0.4 is 4.90 Å². The van der Waals surface area contributed by atoms with Crippen molar-refractivity contribution in [3.8, 4) is 0 Å². The van der Waals surface area contributed by atoms with Crippen molar-refractivity contribution in [3.63, 3.8) is 0 Å². The number of carbonyl (C=O) groups is 3. The molecule has 1 aromatic carbocycles. The SMILES string of the molecule is CN1CCC(N(C)C(=O)c2cccc(N3CCCC3=O)c2)C1=O. The van der Waals surface area contributed by atoms with Crippen molar-refractivity contribution in [1.82, 2.24) is 9.80 Å². The van der Waals surface area contributed by atoms with Gasteiger partial charge in [0.2, 0.25) is 11.8 Å². The molecule has 1 aromatic rings. The Morgan fingerprint density at radius 2 is 2.04 bits per heavy atom. The first-order chi connectivity index (χ1) is 11.0. The van der Waals surface area contributed by atoms with Crippen LogP contribution in [-0.4, -0.2) is 60.7 Å². The molecule has 3 amide bonds. The second-order valence-corrected chi connectivity index (χ2v) is 6.18. The van der Waals surface area contributed by atoms with E-state index in [1.807, 2.05) is 6.07 Å². The number of benzene rings is 1. The fourth-order valence-electron chi connectivity index (χ4n) is 3.24. The number of hydrogen-bond donors (Lipinski definition) is 0. The molecular weight excluding hydrogens is 294 g/mol. The van der Waals surface area contributed by atoms with Crippen LogP contribution in [0.2, 0.25) is 0 Å². The average molecular weight is 315 g/mol. The number of anilines is 1. The summed E-state index contributed by atoms with van der Waals surface area (Å²) in [5, 5.41) is 0. The number of amides is 3. The fourth-order valence-corrected chi connectivity index (χ4v) is 3.24. The van der Waals surface area contributed by atoms with Crippen molar-refractivity contribution in [2.45, 2.75) is 25.3 Å². The molecule has 0 bridgehead atoms. The minimum Gasteiger partial charge on any atom is -0.344 e. The second-order valence-electron chi connectivity index (χ2n) is 6.18. The van der Waals surface area contributed by atoms with Crippen LogP contribution in [0.3, 0.4) is 0 Å². The van der Waals surface area contributed by atoms with Crippen LogP contribution in [0.5, 0.6) is 0 Å². The second kappa shape index (κ2) is 6.02. The van der Waals surface area contributed by atoms with Gasteiger partial charge in [-0.2, -0.15) is 0 Å². The van der Waals surface area contributed by atoms with Gasteiger partial charge in [-0.25, -0.2) is 0 Å². The lowest BCUT2D eigenvalue weighted by molar-refractivity contribution is -0.130. The van der Waals surface area contributed by atoms with Gasteiger partial charge in [-0.1, -0.05) is 6.07 Å². The highest BCUT2D eigenvalue weighted by Gasteiger charge is 2.35. The normalized spacial score (nSPS) is 21.2. The first-order valence-corrected chi connectivity index (χ1v) is 7.91. The number of rotatable bonds is 3. The topological polar surface area (TPSA) is 60.9 Å². The molecule has 0 N–H and O–H groups in total. The summed E-state index contributed by atoms with van der Waals surface area (Å²) in [5.41, 5.74) is 1.26. The maximum Gasteiger partial charge on any atom is 0.254 e. The van der Waals surface area contributed by atoms with Crippen LogP contribution in [-0.2, 0) is 9.59 Å². The monoisotopic (exact) mass is 315 g/mol. The van der Waals surface area contributed by atoms with E-state index in [2.05, 4.69) is 0 Å². The Bertz CT molecular complexity index is 658. The quantitative estimate of drug-likeness (QED) is 0.840. The number of likely N-dealkylation sites (N-methyl/N-ethyl adjacent to an activating group) is 2. The minimum atomic E-state index is -0.399. The smallest absolute Gasteiger partial charge is 0.254 e. The predicted molar refractivity (Wildman–Crippen MR) is 86.2 cm³/mol. The van der Waals surface area contributed by atoms with Gasteiger partial charge < -0.3 is 14.7 Å². The third-order valence-corrected chi connectivity index (χ3v) is 4.67. The van der Waals surface area contributed by atoms with Crippen molar-refractivity contribution >= 4 is 23.4 Å². The molecule has 1 unspecified atom stereocenters. The Hall–Kier alpha value is -2.37. The van der Waals surface area contributed by atoms with E-state index < -0.39 is 6.04 Å². The van der Waals surface area contributed by atoms with E-state index in [0.29, 0.717) is 31.5 Å². The van der Waals surface area contributed by atoms with Crippen LogP contribution in [0.25, 0.3) is 0 Å². The van der Waals surface area contributed by atoms with Gasteiger partial charge in [0.15, 0.2) is 0 Å². The van der Waals surface area contributed by atoms with E-state index in [9.17, 15) is 14.4 Å². The zero-order valence-electron chi connectivity index (χ0n) is 13.5. The van der Waals surface area contributed by atoms with E-state index in [4.69, 9.17) is 0 Å². The fraction of sp³-hybridized carbons (Fsp3) is 0.471. The van der Waals surface area contributed by atoms with Gasteiger partial charge in [0.1, 0.15) is 6.04 Å². The molecule has 0 aliphatic carbocycles. The number of carbonyl (C=O) groups excluding carboxylic acids is 3. The molecule has 0 radical (unpaired) electrons. The molecule has 1 atom stereocenters. The summed E-state index contributed by atoms with van der Waals surface area (Å²) >= 11 is 0. The van der Waals surface area contributed by atoms with Crippen LogP contribution in [0.15, 0.2) is 24.3 Å². The molecule has 0 aromatic heterocycles. The highest BCUT2D eigenvalue weighted by Crippen LogP contribution is 2.24. The molecule has 122 valence electrons. The first kappa shape index (κ1) is 15.5. The summed E-state index contributed by atoms with van der Waals surface area (Å²) in [5.74, 6) is -0.116. The molecule has 2 heterocycles. The van der Waals surface area contributed by atoms with Crippen LogP contribution in [0.1, 0.15) is 29.6 Å². The summed E-state index contributed by atoms with van der Waals surface area (Å²) in [6.07, 6.45) is 2.06. The molecule has 2 saturated heterocycles. The molecule has 6 heteroatoms. The third kappa shape index (κ3) is 2.81. The molecule has 2 aliphatic rings. The average Bonchev–Trinajstić information content (AvgIpc) is 3.13. The molecule has 2 fully saturated rings. The molecular formula is C17H21N3O3. The molecule has 2 aliphatic heterocycles. The first-order valence-electron chi connectivity index (χ1n) is 7.91. The van der Waals surface area contributed by atoms with Crippen LogP contribution >= 0.6 is 0 Å². The number of hydrogen-bond acceptors (Lipinski definition) is 3. The Labute approximate surface area is 135 Å². The van der Waals surface area contributed by atoms with E-state index in [1.165, 1.54) is 4.90 Å². The summed E-state index contributed by atoms with van der Waals surface area (Å²) in [4.78, 5) is 41.5. The summed E-state index contributed by atoms with van der Waals surface area (Å²) in [6, 6.07) is 6.70. The van der Waals surface area contributed by atoms with Crippen molar-refractivity contribution in [2.24, 2.45) is 0 Å². The largest absolute Gasteiger partial charge is 0.344 e. The summed E-state index contributed by atoms with van der Waals surface area (Å²) in [7, 11) is 3.41. The van der Waals surface area contributed by atoms with E-state index in [0.717, 1.165) is 12.1 Å².